The van der Waals surface area contributed by atoms with E-state index in [1.165, 1.54) is 16.9 Å². The van der Waals surface area contributed by atoms with E-state index in [1.807, 2.05) is 18.2 Å². The van der Waals surface area contributed by atoms with Crippen molar-refractivity contribution in [3.63, 3.8) is 0 Å². The molecule has 2 heterocycles. The number of nitrogens with zero attached hydrogens (tertiary/aromatic N) is 2. The van der Waals surface area contributed by atoms with Crippen molar-refractivity contribution >= 4 is 39.1 Å². The molecular formula is C18H15N3O2S. The van der Waals surface area contributed by atoms with E-state index in [4.69, 9.17) is 5.21 Å². The van der Waals surface area contributed by atoms with Crippen LogP contribution in [0.1, 0.15) is 32.8 Å². The summed E-state index contributed by atoms with van der Waals surface area (Å²) >= 11 is 1.45. The summed E-state index contributed by atoms with van der Waals surface area (Å²) in [5.41, 5.74) is 4.99. The van der Waals surface area contributed by atoms with Crippen LogP contribution in [0.15, 0.2) is 41.8 Å². The molecule has 0 spiro atoms. The van der Waals surface area contributed by atoms with Gasteiger partial charge in [-0.15, -0.1) is 11.3 Å². The Bertz CT molecular complexity index is 962. The summed E-state index contributed by atoms with van der Waals surface area (Å²) in [4.78, 5) is 16.1. The maximum atomic E-state index is 11.3. The van der Waals surface area contributed by atoms with E-state index in [2.05, 4.69) is 21.5 Å². The normalized spacial score (nSPS) is 14.9. The Morgan fingerprint density at radius 3 is 3.08 bits per heavy atom. The van der Waals surface area contributed by atoms with E-state index in [9.17, 15) is 4.79 Å². The first-order valence-corrected chi connectivity index (χ1v) is 8.50. The Labute approximate surface area is 142 Å². The average molecular weight is 337 g/mol. The average Bonchev–Trinajstić information content (AvgIpc) is 3.20. The summed E-state index contributed by atoms with van der Waals surface area (Å²) in [6, 6.07) is 8.09. The Hall–Kier alpha value is -2.73. The van der Waals surface area contributed by atoms with Gasteiger partial charge < -0.3 is 10.5 Å². The molecule has 5 nitrogen and oxygen atoms in total. The van der Waals surface area contributed by atoms with Crippen LogP contribution in [0.3, 0.4) is 0 Å². The number of nitrogens with one attached hydrogen (secondary N) is 1. The number of aldehydes is 1. The summed E-state index contributed by atoms with van der Waals surface area (Å²) in [5.74, 6) is 0. The van der Waals surface area contributed by atoms with Gasteiger partial charge in [-0.1, -0.05) is 23.4 Å². The maximum Gasteiger partial charge on any atom is 0.162 e. The number of aromatic nitrogens is 1. The molecule has 1 aromatic carbocycles. The molecule has 120 valence electrons. The number of thiophene rings is 1. The van der Waals surface area contributed by atoms with Crippen molar-refractivity contribution in [2.75, 3.05) is 5.32 Å². The van der Waals surface area contributed by atoms with Gasteiger partial charge in [-0.25, -0.2) is 0 Å². The molecule has 3 aromatic rings. The van der Waals surface area contributed by atoms with Crippen LogP contribution in [0.25, 0.3) is 10.1 Å². The molecule has 6 heteroatoms. The lowest BCUT2D eigenvalue weighted by atomic mass is 10.1. The van der Waals surface area contributed by atoms with Crippen molar-refractivity contribution in [1.29, 1.82) is 0 Å². The van der Waals surface area contributed by atoms with Gasteiger partial charge in [0, 0.05) is 29.9 Å². The highest BCUT2D eigenvalue weighted by Gasteiger charge is 2.18. The molecule has 0 saturated heterocycles. The van der Waals surface area contributed by atoms with Crippen LogP contribution in [0, 0.1) is 0 Å². The lowest BCUT2D eigenvalue weighted by Crippen LogP contribution is -2.02. The highest BCUT2D eigenvalue weighted by Crippen LogP contribution is 2.34. The predicted molar refractivity (Wildman–Crippen MR) is 95.4 cm³/mol. The van der Waals surface area contributed by atoms with Crippen LogP contribution in [-0.4, -0.2) is 22.2 Å². The number of oxime groups is 1. The number of hydrogen-bond acceptors (Lipinski definition) is 6. The van der Waals surface area contributed by atoms with Crippen molar-refractivity contribution in [2.45, 2.75) is 19.4 Å². The third-order valence-electron chi connectivity index (χ3n) is 4.33. The van der Waals surface area contributed by atoms with Crippen molar-refractivity contribution in [3.05, 3.63) is 58.2 Å². The van der Waals surface area contributed by atoms with Gasteiger partial charge in [0.2, 0.25) is 0 Å². The van der Waals surface area contributed by atoms with Gasteiger partial charge in [0.25, 0.3) is 0 Å². The molecule has 0 unspecified atom stereocenters. The van der Waals surface area contributed by atoms with Gasteiger partial charge in [0.05, 0.1) is 21.0 Å². The van der Waals surface area contributed by atoms with Gasteiger partial charge in [0.15, 0.2) is 6.29 Å². The Kier molecular flexibility index (Phi) is 3.74. The van der Waals surface area contributed by atoms with E-state index >= 15 is 0 Å². The van der Waals surface area contributed by atoms with Gasteiger partial charge in [-0.05, 0) is 30.0 Å². The Balaban J connectivity index is 1.61. The predicted octanol–water partition coefficient (Wildman–Crippen LogP) is 3.85. The monoisotopic (exact) mass is 337 g/mol. The molecule has 0 atom stereocenters. The molecule has 2 aromatic heterocycles. The molecule has 0 saturated carbocycles. The zero-order valence-electron chi connectivity index (χ0n) is 12.8. The van der Waals surface area contributed by atoms with Crippen LogP contribution in [0.2, 0.25) is 0 Å². The molecule has 0 radical (unpaired) electrons. The summed E-state index contributed by atoms with van der Waals surface area (Å²) in [6.45, 7) is 0.633. The fraction of sp³-hybridized carbons (Fsp3) is 0.167. The summed E-state index contributed by atoms with van der Waals surface area (Å²) in [7, 11) is 0. The minimum absolute atomic E-state index is 0.633. The number of pyridine rings is 1. The number of rotatable bonds is 4. The van der Waals surface area contributed by atoms with Crippen LogP contribution < -0.4 is 5.32 Å². The summed E-state index contributed by atoms with van der Waals surface area (Å²) < 4.78 is 1.000. The van der Waals surface area contributed by atoms with Crippen LogP contribution in [-0.2, 0) is 13.0 Å². The molecular weight excluding hydrogens is 322 g/mol. The second kappa shape index (κ2) is 6.05. The molecule has 0 aliphatic heterocycles. The van der Waals surface area contributed by atoms with Crippen LogP contribution in [0.4, 0.5) is 5.69 Å². The highest BCUT2D eigenvalue weighted by atomic mass is 32.1. The minimum Gasteiger partial charge on any atom is -0.411 e. The second-order valence-corrected chi connectivity index (χ2v) is 6.81. The molecule has 0 bridgehead atoms. The molecule has 24 heavy (non-hydrogen) atoms. The van der Waals surface area contributed by atoms with Gasteiger partial charge in [-0.3, -0.25) is 9.78 Å². The number of carbonyl (C=O) groups is 1. The fourth-order valence-electron chi connectivity index (χ4n) is 3.16. The number of anilines is 1. The Morgan fingerprint density at radius 2 is 2.25 bits per heavy atom. The second-order valence-electron chi connectivity index (χ2n) is 5.72. The van der Waals surface area contributed by atoms with E-state index in [0.29, 0.717) is 11.4 Å². The topological polar surface area (TPSA) is 74.6 Å². The van der Waals surface area contributed by atoms with Gasteiger partial charge in [0.1, 0.15) is 0 Å². The zero-order chi connectivity index (χ0) is 16.5. The number of fused-ring (bicyclic) bond motifs is 2. The maximum absolute atomic E-state index is 11.3. The minimum atomic E-state index is 0.633. The first-order chi connectivity index (χ1) is 11.8. The molecule has 1 aliphatic rings. The zero-order valence-corrected chi connectivity index (χ0v) is 13.6. The fourth-order valence-corrected chi connectivity index (χ4v) is 4.13. The SMILES string of the molecule is O=Cc1sc2cnccc2c1NCc1ccc2c(c1)CC/C2=N\O. The van der Waals surface area contributed by atoms with Crippen molar-refractivity contribution < 1.29 is 10.0 Å². The van der Waals surface area contributed by atoms with Crippen molar-refractivity contribution in [3.8, 4) is 0 Å². The first-order valence-electron chi connectivity index (χ1n) is 7.69. The first kappa shape index (κ1) is 14.8. The molecule has 0 amide bonds. The summed E-state index contributed by atoms with van der Waals surface area (Å²) in [6.07, 6.45) is 6.08. The standard InChI is InChI=1S/C18H15N3O2S/c22-10-17-18(14-5-6-19-9-16(14)24-17)20-8-11-1-3-13-12(7-11)2-4-15(13)21-23/h1,3,5-7,9-10,20,23H,2,4,8H2/b21-15+. The van der Waals surface area contributed by atoms with E-state index in [-0.39, 0.29) is 0 Å². The highest BCUT2D eigenvalue weighted by molar-refractivity contribution is 7.21. The number of benzene rings is 1. The molecule has 1 aliphatic carbocycles. The van der Waals surface area contributed by atoms with Gasteiger partial charge >= 0.3 is 0 Å². The number of aryl methyl sites for hydroxylation is 1. The largest absolute Gasteiger partial charge is 0.411 e. The van der Waals surface area contributed by atoms with E-state index < -0.39 is 0 Å². The van der Waals surface area contributed by atoms with Crippen molar-refractivity contribution in [2.24, 2.45) is 5.16 Å². The third kappa shape index (κ3) is 2.45. The quantitative estimate of drug-likeness (QED) is 0.431. The molecule has 4 rings (SSSR count). The van der Waals surface area contributed by atoms with Crippen LogP contribution >= 0.6 is 11.3 Å². The van der Waals surface area contributed by atoms with E-state index in [1.54, 1.807) is 12.4 Å². The van der Waals surface area contributed by atoms with Crippen molar-refractivity contribution in [1.82, 2.24) is 4.98 Å². The van der Waals surface area contributed by atoms with Gasteiger partial charge in [-0.2, -0.15) is 0 Å². The smallest absolute Gasteiger partial charge is 0.162 e. The van der Waals surface area contributed by atoms with E-state index in [0.717, 1.165) is 51.7 Å². The lowest BCUT2D eigenvalue weighted by molar-refractivity contribution is 0.112. The van der Waals surface area contributed by atoms with Crippen LogP contribution in [0.5, 0.6) is 0 Å². The third-order valence-corrected chi connectivity index (χ3v) is 5.39. The molecule has 0 fully saturated rings. The Morgan fingerprint density at radius 1 is 1.33 bits per heavy atom. The summed E-state index contributed by atoms with van der Waals surface area (Å²) in [5, 5.41) is 16.8. The number of hydrogen-bond donors (Lipinski definition) is 2. The lowest BCUT2D eigenvalue weighted by Gasteiger charge is -2.08. The number of carbonyl (C=O) groups excluding carboxylic acids is 1. The molecule has 2 N–H and O–H groups in total.